The monoisotopic (exact) mass is 477 g/mol. The third-order valence-electron chi connectivity index (χ3n) is 5.30. The second-order valence-corrected chi connectivity index (χ2v) is 7.77. The lowest BCUT2D eigenvalue weighted by atomic mass is 10.1. The predicted molar refractivity (Wildman–Crippen MR) is 131 cm³/mol. The number of para-hydroxylation sites is 1. The van der Waals surface area contributed by atoms with Crippen LogP contribution in [0.3, 0.4) is 0 Å². The first kappa shape index (κ1) is 23.9. The third-order valence-corrected chi connectivity index (χ3v) is 5.30. The summed E-state index contributed by atoms with van der Waals surface area (Å²) < 4.78 is 22.4. The highest BCUT2D eigenvalue weighted by Gasteiger charge is 2.16. The molecule has 0 spiro atoms. The SMILES string of the molecule is CCOc1c(OCC(=O)O)cccc1-c1cc(NCCc2cc3cc(C)oc3cc2OC)ncn1. The number of anilines is 1. The van der Waals surface area contributed by atoms with E-state index in [1.807, 2.05) is 38.1 Å². The van der Waals surface area contributed by atoms with Crippen molar-refractivity contribution in [2.75, 3.05) is 32.2 Å². The number of aryl methyl sites for hydroxylation is 1. The Labute approximate surface area is 202 Å². The van der Waals surface area contributed by atoms with Gasteiger partial charge >= 0.3 is 5.97 Å². The van der Waals surface area contributed by atoms with E-state index in [-0.39, 0.29) is 0 Å². The average molecular weight is 478 g/mol. The molecule has 2 aromatic carbocycles. The van der Waals surface area contributed by atoms with Crippen molar-refractivity contribution < 1.29 is 28.5 Å². The predicted octanol–water partition coefficient (Wildman–Crippen LogP) is 4.72. The van der Waals surface area contributed by atoms with Crippen LogP contribution in [-0.2, 0) is 11.2 Å². The molecule has 182 valence electrons. The Hall–Kier alpha value is -4.27. The number of aromatic nitrogens is 2. The topological polar surface area (TPSA) is 116 Å². The first-order valence-electron chi connectivity index (χ1n) is 11.2. The summed E-state index contributed by atoms with van der Waals surface area (Å²) in [7, 11) is 1.65. The molecule has 0 saturated carbocycles. The number of fused-ring (bicyclic) bond motifs is 1. The van der Waals surface area contributed by atoms with Gasteiger partial charge in [-0.2, -0.15) is 0 Å². The van der Waals surface area contributed by atoms with Crippen LogP contribution in [0, 0.1) is 6.92 Å². The molecule has 0 aliphatic carbocycles. The molecule has 9 heteroatoms. The molecule has 2 aromatic heterocycles. The Bertz CT molecular complexity index is 1330. The molecular formula is C26H27N3O6. The van der Waals surface area contributed by atoms with Gasteiger partial charge in [0.25, 0.3) is 0 Å². The molecule has 0 unspecified atom stereocenters. The molecule has 4 rings (SSSR count). The highest BCUT2D eigenvalue weighted by Crippen LogP contribution is 2.38. The maximum atomic E-state index is 10.9. The van der Waals surface area contributed by atoms with Crippen LogP contribution in [0.1, 0.15) is 18.2 Å². The lowest BCUT2D eigenvalue weighted by Gasteiger charge is -2.15. The Morgan fingerprint density at radius 1 is 1.11 bits per heavy atom. The van der Waals surface area contributed by atoms with Gasteiger partial charge < -0.3 is 29.1 Å². The summed E-state index contributed by atoms with van der Waals surface area (Å²) >= 11 is 0. The van der Waals surface area contributed by atoms with Crippen molar-refractivity contribution in [3.8, 4) is 28.5 Å². The molecule has 0 bridgehead atoms. The lowest BCUT2D eigenvalue weighted by Crippen LogP contribution is -2.11. The summed E-state index contributed by atoms with van der Waals surface area (Å²) in [5.74, 6) is 2.00. The lowest BCUT2D eigenvalue weighted by molar-refractivity contribution is -0.139. The maximum absolute atomic E-state index is 10.9. The van der Waals surface area contributed by atoms with E-state index in [4.69, 9.17) is 23.7 Å². The van der Waals surface area contributed by atoms with Crippen LogP contribution in [0.25, 0.3) is 22.2 Å². The minimum atomic E-state index is -1.06. The molecule has 0 aliphatic heterocycles. The minimum absolute atomic E-state index is 0.344. The van der Waals surface area contributed by atoms with E-state index in [0.29, 0.717) is 48.1 Å². The Kier molecular flexibility index (Phi) is 7.35. The number of furan rings is 1. The van der Waals surface area contributed by atoms with E-state index < -0.39 is 12.6 Å². The van der Waals surface area contributed by atoms with Crippen molar-refractivity contribution in [3.63, 3.8) is 0 Å². The molecule has 0 amide bonds. The fraction of sp³-hybridized carbons (Fsp3) is 0.269. The number of nitrogens with zero attached hydrogens (tertiary/aromatic N) is 2. The molecule has 2 N–H and O–H groups in total. The van der Waals surface area contributed by atoms with E-state index >= 15 is 0 Å². The van der Waals surface area contributed by atoms with Gasteiger partial charge in [-0.1, -0.05) is 6.07 Å². The Balaban J connectivity index is 1.52. The molecule has 35 heavy (non-hydrogen) atoms. The van der Waals surface area contributed by atoms with Gasteiger partial charge in [0, 0.05) is 29.6 Å². The summed E-state index contributed by atoms with van der Waals surface area (Å²) in [6.45, 7) is 4.31. The summed E-state index contributed by atoms with van der Waals surface area (Å²) in [5.41, 5.74) is 3.17. The average Bonchev–Trinajstić information content (AvgIpc) is 3.21. The third kappa shape index (κ3) is 5.63. The molecule has 4 aromatic rings. The molecule has 2 heterocycles. The molecular weight excluding hydrogens is 450 g/mol. The van der Waals surface area contributed by atoms with Crippen LogP contribution in [0.2, 0.25) is 0 Å². The van der Waals surface area contributed by atoms with Crippen molar-refractivity contribution in [2.45, 2.75) is 20.3 Å². The molecule has 9 nitrogen and oxygen atoms in total. The highest BCUT2D eigenvalue weighted by atomic mass is 16.5. The van der Waals surface area contributed by atoms with E-state index in [1.54, 1.807) is 19.2 Å². The quantitative estimate of drug-likeness (QED) is 0.316. The molecule has 0 atom stereocenters. The summed E-state index contributed by atoms with van der Waals surface area (Å²) in [4.78, 5) is 19.7. The van der Waals surface area contributed by atoms with Gasteiger partial charge in [0.15, 0.2) is 18.1 Å². The van der Waals surface area contributed by atoms with Gasteiger partial charge in [0.2, 0.25) is 0 Å². The van der Waals surface area contributed by atoms with Crippen LogP contribution in [0.5, 0.6) is 17.2 Å². The highest BCUT2D eigenvalue weighted by molar-refractivity contribution is 5.81. The van der Waals surface area contributed by atoms with Crippen molar-refractivity contribution >= 4 is 22.8 Å². The van der Waals surface area contributed by atoms with Gasteiger partial charge in [-0.25, -0.2) is 14.8 Å². The van der Waals surface area contributed by atoms with Crippen molar-refractivity contribution in [1.82, 2.24) is 9.97 Å². The van der Waals surface area contributed by atoms with Crippen LogP contribution in [-0.4, -0.2) is 47.9 Å². The smallest absolute Gasteiger partial charge is 0.341 e. The molecule has 0 radical (unpaired) electrons. The second-order valence-electron chi connectivity index (χ2n) is 7.77. The van der Waals surface area contributed by atoms with Crippen molar-refractivity contribution in [3.05, 3.63) is 60.1 Å². The number of carbonyl (C=O) groups is 1. The van der Waals surface area contributed by atoms with Gasteiger partial charge in [-0.3, -0.25) is 0 Å². The normalized spacial score (nSPS) is 10.8. The second kappa shape index (κ2) is 10.8. The summed E-state index contributed by atoms with van der Waals surface area (Å²) in [6.07, 6.45) is 2.18. The first-order chi connectivity index (χ1) is 17.0. The maximum Gasteiger partial charge on any atom is 0.341 e. The number of ether oxygens (including phenoxy) is 3. The van der Waals surface area contributed by atoms with Crippen LogP contribution >= 0.6 is 0 Å². The Morgan fingerprint density at radius 2 is 1.97 bits per heavy atom. The molecule has 0 saturated heterocycles. The van der Waals surface area contributed by atoms with Gasteiger partial charge in [-0.05, 0) is 50.1 Å². The summed E-state index contributed by atoms with van der Waals surface area (Å²) in [5, 5.41) is 13.3. The van der Waals surface area contributed by atoms with E-state index in [9.17, 15) is 4.79 Å². The van der Waals surface area contributed by atoms with Crippen LogP contribution < -0.4 is 19.5 Å². The van der Waals surface area contributed by atoms with Crippen molar-refractivity contribution in [2.24, 2.45) is 0 Å². The van der Waals surface area contributed by atoms with E-state index in [0.717, 1.165) is 28.0 Å². The standard InChI is InChI=1S/C26H27N3O6/c1-4-33-26-19(6-5-7-21(26)34-14-25(30)31)20-12-24(29-15-28-20)27-9-8-17-11-18-10-16(2)35-23(18)13-22(17)32-3/h5-7,10-13,15H,4,8-9,14H2,1-3H3,(H,30,31)(H,27,28,29). The van der Waals surface area contributed by atoms with Gasteiger partial charge in [-0.15, -0.1) is 0 Å². The summed E-state index contributed by atoms with van der Waals surface area (Å²) in [6, 6.07) is 13.1. The number of benzene rings is 2. The van der Waals surface area contributed by atoms with Gasteiger partial charge in [0.1, 0.15) is 29.2 Å². The number of rotatable bonds is 11. The number of carboxylic acid groups (broad SMARTS) is 1. The zero-order valence-electron chi connectivity index (χ0n) is 19.8. The number of aliphatic carboxylic acids is 1. The number of hydrogen-bond acceptors (Lipinski definition) is 8. The Morgan fingerprint density at radius 3 is 2.74 bits per heavy atom. The minimum Gasteiger partial charge on any atom is -0.496 e. The molecule has 0 aliphatic rings. The zero-order valence-corrected chi connectivity index (χ0v) is 19.8. The zero-order chi connectivity index (χ0) is 24.8. The fourth-order valence-electron chi connectivity index (χ4n) is 3.82. The number of hydrogen-bond donors (Lipinski definition) is 2. The molecule has 0 fully saturated rings. The largest absolute Gasteiger partial charge is 0.496 e. The van der Waals surface area contributed by atoms with Crippen LogP contribution in [0.4, 0.5) is 5.82 Å². The van der Waals surface area contributed by atoms with Gasteiger partial charge in [0.05, 0.1) is 19.4 Å². The number of carboxylic acids is 1. The van der Waals surface area contributed by atoms with E-state index in [2.05, 4.69) is 21.4 Å². The van der Waals surface area contributed by atoms with Crippen LogP contribution in [0.15, 0.2) is 53.2 Å². The number of nitrogens with one attached hydrogen (secondary N) is 1. The van der Waals surface area contributed by atoms with Crippen molar-refractivity contribution in [1.29, 1.82) is 0 Å². The van der Waals surface area contributed by atoms with E-state index in [1.165, 1.54) is 6.33 Å². The number of methoxy groups -OCH3 is 1. The first-order valence-corrected chi connectivity index (χ1v) is 11.2. The fourth-order valence-corrected chi connectivity index (χ4v) is 3.82.